The molecule has 0 saturated heterocycles. The lowest BCUT2D eigenvalue weighted by molar-refractivity contribution is 0.0698. The molecule has 0 saturated carbocycles. The Morgan fingerprint density at radius 3 is 2.55 bits per heavy atom. The first kappa shape index (κ1) is 16.0. The van der Waals surface area contributed by atoms with Crippen molar-refractivity contribution in [2.45, 2.75) is 19.3 Å². The van der Waals surface area contributed by atoms with Crippen molar-refractivity contribution in [3.63, 3.8) is 0 Å². The van der Waals surface area contributed by atoms with Crippen LogP contribution < -0.4 is 5.32 Å². The number of aliphatic hydroxyl groups is 1. The van der Waals surface area contributed by atoms with Crippen LogP contribution >= 0.6 is 0 Å². The fourth-order valence-electron chi connectivity index (χ4n) is 1.73. The number of benzene rings is 1. The molecule has 1 rings (SSSR count). The van der Waals surface area contributed by atoms with Crippen LogP contribution in [-0.4, -0.2) is 47.3 Å². The average Bonchev–Trinajstić information content (AvgIpc) is 2.43. The van der Waals surface area contributed by atoms with E-state index >= 15 is 0 Å². The number of nitrogens with one attached hydrogen (secondary N) is 1. The van der Waals surface area contributed by atoms with Crippen molar-refractivity contribution in [1.82, 2.24) is 4.90 Å². The van der Waals surface area contributed by atoms with Gasteiger partial charge in [0, 0.05) is 20.2 Å². The first-order valence-electron chi connectivity index (χ1n) is 6.51. The van der Waals surface area contributed by atoms with Crippen LogP contribution in [-0.2, 0) is 0 Å². The minimum absolute atomic E-state index is 0.0644. The first-order chi connectivity index (χ1) is 9.56. The number of carboxylic acids is 1. The summed E-state index contributed by atoms with van der Waals surface area (Å²) in [6.07, 6.45) is 2.36. The van der Waals surface area contributed by atoms with Crippen molar-refractivity contribution in [3.05, 3.63) is 29.8 Å². The number of nitrogens with zero attached hydrogens (tertiary/aromatic N) is 1. The van der Waals surface area contributed by atoms with Gasteiger partial charge in [-0.1, -0.05) is 12.1 Å². The number of rotatable bonds is 7. The molecule has 6 nitrogen and oxygen atoms in total. The molecule has 0 aliphatic heterocycles. The van der Waals surface area contributed by atoms with Crippen molar-refractivity contribution in [1.29, 1.82) is 0 Å². The predicted octanol–water partition coefficient (Wildman–Crippen LogP) is 2.01. The summed E-state index contributed by atoms with van der Waals surface area (Å²) in [6, 6.07) is 5.93. The fourth-order valence-corrected chi connectivity index (χ4v) is 1.73. The Bertz CT molecular complexity index is 462. The summed E-state index contributed by atoms with van der Waals surface area (Å²) in [4.78, 5) is 24.4. The molecule has 0 fully saturated rings. The number of para-hydroxylation sites is 1. The Morgan fingerprint density at radius 2 is 1.90 bits per heavy atom. The molecule has 0 aromatic heterocycles. The lowest BCUT2D eigenvalue weighted by Crippen LogP contribution is -2.32. The molecule has 0 heterocycles. The van der Waals surface area contributed by atoms with Crippen molar-refractivity contribution in [3.8, 4) is 0 Å². The summed E-state index contributed by atoms with van der Waals surface area (Å²) in [5, 5.41) is 20.3. The van der Waals surface area contributed by atoms with Gasteiger partial charge >= 0.3 is 12.0 Å². The zero-order valence-corrected chi connectivity index (χ0v) is 11.5. The molecule has 1 aromatic rings. The lowest BCUT2D eigenvalue weighted by Gasteiger charge is -2.18. The highest BCUT2D eigenvalue weighted by atomic mass is 16.4. The van der Waals surface area contributed by atoms with Crippen LogP contribution in [0.3, 0.4) is 0 Å². The number of anilines is 1. The van der Waals surface area contributed by atoms with Crippen molar-refractivity contribution in [2.24, 2.45) is 0 Å². The van der Waals surface area contributed by atoms with E-state index in [9.17, 15) is 9.59 Å². The normalized spacial score (nSPS) is 10.1. The van der Waals surface area contributed by atoms with Crippen LogP contribution in [0.5, 0.6) is 0 Å². The van der Waals surface area contributed by atoms with E-state index in [1.807, 2.05) is 0 Å². The number of amides is 2. The van der Waals surface area contributed by atoms with Gasteiger partial charge in [0.15, 0.2) is 0 Å². The molecule has 6 heteroatoms. The molecular weight excluding hydrogens is 260 g/mol. The molecule has 0 bridgehead atoms. The van der Waals surface area contributed by atoms with Crippen LogP contribution in [0.4, 0.5) is 10.5 Å². The molecular formula is C14H20N2O4. The zero-order chi connectivity index (χ0) is 15.0. The average molecular weight is 280 g/mol. The molecule has 0 radical (unpaired) electrons. The third kappa shape index (κ3) is 4.89. The van der Waals surface area contributed by atoms with Crippen molar-refractivity contribution >= 4 is 17.7 Å². The summed E-state index contributed by atoms with van der Waals surface area (Å²) in [5.41, 5.74) is 0.349. The quantitative estimate of drug-likeness (QED) is 0.666. The number of aliphatic hydroxyl groups excluding tert-OH is 1. The highest BCUT2D eigenvalue weighted by Crippen LogP contribution is 2.15. The summed E-state index contributed by atoms with van der Waals surface area (Å²) in [6.45, 7) is 0.711. The maximum Gasteiger partial charge on any atom is 0.337 e. The molecule has 0 unspecified atom stereocenters. The molecule has 110 valence electrons. The highest BCUT2D eigenvalue weighted by Gasteiger charge is 2.13. The van der Waals surface area contributed by atoms with Crippen LogP contribution in [0.15, 0.2) is 24.3 Å². The number of urea groups is 1. The maximum absolute atomic E-state index is 11.9. The van der Waals surface area contributed by atoms with Gasteiger partial charge in [-0.3, -0.25) is 0 Å². The van der Waals surface area contributed by atoms with Gasteiger partial charge in [0.1, 0.15) is 0 Å². The molecule has 20 heavy (non-hydrogen) atoms. The molecule has 0 aliphatic carbocycles. The van der Waals surface area contributed by atoms with Gasteiger partial charge in [0.2, 0.25) is 0 Å². The molecule has 0 atom stereocenters. The summed E-state index contributed by atoms with van der Waals surface area (Å²) >= 11 is 0. The van der Waals surface area contributed by atoms with Crippen molar-refractivity contribution in [2.75, 3.05) is 25.5 Å². The number of unbranched alkanes of at least 4 members (excludes halogenated alkanes) is 2. The predicted molar refractivity (Wildman–Crippen MR) is 76.0 cm³/mol. The van der Waals surface area contributed by atoms with E-state index in [1.54, 1.807) is 25.2 Å². The number of carbonyl (C=O) groups is 2. The SMILES string of the molecule is CN(CCCCCO)C(=O)Nc1ccccc1C(=O)O. The molecule has 3 N–H and O–H groups in total. The Hall–Kier alpha value is -2.08. The van der Waals surface area contributed by atoms with Crippen LogP contribution in [0.25, 0.3) is 0 Å². The standard InChI is InChI=1S/C14H20N2O4/c1-16(9-5-2-6-10-17)14(20)15-12-8-4-3-7-11(12)13(18)19/h3-4,7-8,17H,2,5-6,9-10H2,1H3,(H,15,20)(H,18,19). The Morgan fingerprint density at radius 1 is 1.20 bits per heavy atom. The second-order valence-corrected chi connectivity index (χ2v) is 4.49. The second-order valence-electron chi connectivity index (χ2n) is 4.49. The van der Waals surface area contributed by atoms with Crippen LogP contribution in [0, 0.1) is 0 Å². The second kappa shape index (κ2) is 8.16. The van der Waals surface area contributed by atoms with E-state index in [-0.39, 0.29) is 23.9 Å². The Kier molecular flexibility index (Phi) is 6.52. The topological polar surface area (TPSA) is 89.9 Å². The van der Waals surface area contributed by atoms with E-state index in [2.05, 4.69) is 5.32 Å². The number of carbonyl (C=O) groups excluding carboxylic acids is 1. The summed E-state index contributed by atoms with van der Waals surface area (Å²) in [7, 11) is 1.65. The number of aromatic carboxylic acids is 1. The first-order valence-corrected chi connectivity index (χ1v) is 6.51. The number of carboxylic acid groups (broad SMARTS) is 1. The number of hydrogen-bond donors (Lipinski definition) is 3. The molecule has 0 aliphatic rings. The molecule has 0 spiro atoms. The summed E-state index contributed by atoms with van der Waals surface area (Å²) < 4.78 is 0. The van der Waals surface area contributed by atoms with Gasteiger partial charge < -0.3 is 20.4 Å². The largest absolute Gasteiger partial charge is 0.478 e. The van der Waals surface area contributed by atoms with Gasteiger partial charge in [-0.2, -0.15) is 0 Å². The monoisotopic (exact) mass is 280 g/mol. The number of hydrogen-bond acceptors (Lipinski definition) is 3. The Labute approximate surface area is 118 Å². The Balaban J connectivity index is 2.55. The van der Waals surface area contributed by atoms with Gasteiger partial charge in [-0.25, -0.2) is 9.59 Å². The van der Waals surface area contributed by atoms with E-state index in [1.165, 1.54) is 11.0 Å². The molecule has 1 aromatic carbocycles. The molecule has 2 amide bonds. The van der Waals surface area contributed by atoms with E-state index in [0.717, 1.165) is 19.3 Å². The van der Waals surface area contributed by atoms with E-state index in [4.69, 9.17) is 10.2 Å². The van der Waals surface area contributed by atoms with Crippen LogP contribution in [0.1, 0.15) is 29.6 Å². The van der Waals surface area contributed by atoms with Gasteiger partial charge in [-0.05, 0) is 31.4 Å². The van der Waals surface area contributed by atoms with Crippen LogP contribution in [0.2, 0.25) is 0 Å². The van der Waals surface area contributed by atoms with Gasteiger partial charge in [0.25, 0.3) is 0 Å². The summed E-state index contributed by atoms with van der Waals surface area (Å²) in [5.74, 6) is -1.08. The zero-order valence-electron chi connectivity index (χ0n) is 11.5. The van der Waals surface area contributed by atoms with E-state index < -0.39 is 5.97 Å². The minimum Gasteiger partial charge on any atom is -0.478 e. The fraction of sp³-hybridized carbons (Fsp3) is 0.429. The van der Waals surface area contributed by atoms with Crippen molar-refractivity contribution < 1.29 is 19.8 Å². The third-order valence-electron chi connectivity index (χ3n) is 2.90. The van der Waals surface area contributed by atoms with E-state index in [0.29, 0.717) is 6.54 Å². The van der Waals surface area contributed by atoms with Gasteiger partial charge in [-0.15, -0.1) is 0 Å². The highest BCUT2D eigenvalue weighted by molar-refractivity contribution is 5.99. The smallest absolute Gasteiger partial charge is 0.337 e. The lowest BCUT2D eigenvalue weighted by atomic mass is 10.2. The third-order valence-corrected chi connectivity index (χ3v) is 2.90. The maximum atomic E-state index is 11.9. The minimum atomic E-state index is -1.08. The van der Waals surface area contributed by atoms with Gasteiger partial charge in [0.05, 0.1) is 11.3 Å².